The van der Waals surface area contributed by atoms with Crippen molar-refractivity contribution in [2.45, 2.75) is 0 Å². The highest BCUT2D eigenvalue weighted by Crippen LogP contribution is 2.17. The van der Waals surface area contributed by atoms with Crippen LogP contribution < -0.4 is 5.73 Å². The van der Waals surface area contributed by atoms with Crippen molar-refractivity contribution >= 4 is 17.8 Å². The van der Waals surface area contributed by atoms with Gasteiger partial charge >= 0.3 is 5.97 Å². The third-order valence-corrected chi connectivity index (χ3v) is 2.18. The van der Waals surface area contributed by atoms with Crippen LogP contribution in [0.5, 0.6) is 0 Å². The zero-order valence-electron chi connectivity index (χ0n) is 9.90. The number of nitrogens with zero attached hydrogens (tertiary/aromatic N) is 1. The first kappa shape index (κ1) is 15.5. The van der Waals surface area contributed by atoms with Gasteiger partial charge in [-0.3, -0.25) is 14.4 Å². The van der Waals surface area contributed by atoms with Crippen LogP contribution >= 0.6 is 0 Å². The van der Waals surface area contributed by atoms with Crippen LogP contribution in [0.2, 0.25) is 0 Å². The standard InChI is InChI=1S/C11H9F3N2O4/c12-5-1-6(13)10(7(14)2-5)11(20)16(3-8(15)17)4-9(18)19/h1-2H,3-4H2,(H2,15,17)(H,18,19). The Kier molecular flexibility index (Phi) is 4.68. The number of rotatable bonds is 5. The minimum absolute atomic E-state index is 0.263. The molecular weight excluding hydrogens is 281 g/mol. The van der Waals surface area contributed by atoms with Gasteiger partial charge in [0.25, 0.3) is 5.91 Å². The van der Waals surface area contributed by atoms with E-state index in [0.29, 0.717) is 4.90 Å². The third kappa shape index (κ3) is 3.70. The Morgan fingerprint density at radius 2 is 1.60 bits per heavy atom. The second kappa shape index (κ2) is 6.04. The van der Waals surface area contributed by atoms with Crippen molar-refractivity contribution in [3.63, 3.8) is 0 Å². The van der Waals surface area contributed by atoms with Gasteiger partial charge in [-0.15, -0.1) is 0 Å². The number of carboxylic acid groups (broad SMARTS) is 1. The van der Waals surface area contributed by atoms with Crippen LogP contribution in [-0.4, -0.2) is 40.9 Å². The van der Waals surface area contributed by atoms with Crippen LogP contribution in [0.1, 0.15) is 10.4 Å². The highest BCUT2D eigenvalue weighted by molar-refractivity contribution is 5.98. The Bertz CT molecular complexity index is 538. The molecule has 108 valence electrons. The third-order valence-electron chi connectivity index (χ3n) is 2.18. The van der Waals surface area contributed by atoms with Gasteiger partial charge in [-0.2, -0.15) is 0 Å². The molecule has 0 heterocycles. The number of carbonyl (C=O) groups is 3. The molecule has 0 saturated heterocycles. The smallest absolute Gasteiger partial charge is 0.323 e. The molecule has 2 amide bonds. The van der Waals surface area contributed by atoms with E-state index in [-0.39, 0.29) is 12.1 Å². The Balaban J connectivity index is 3.18. The van der Waals surface area contributed by atoms with Crippen molar-refractivity contribution in [3.8, 4) is 0 Å². The van der Waals surface area contributed by atoms with Crippen LogP contribution in [0, 0.1) is 17.5 Å². The van der Waals surface area contributed by atoms with Crippen molar-refractivity contribution in [1.29, 1.82) is 0 Å². The summed E-state index contributed by atoms with van der Waals surface area (Å²) < 4.78 is 39.5. The summed E-state index contributed by atoms with van der Waals surface area (Å²) in [6.07, 6.45) is 0. The number of carboxylic acids is 1. The molecule has 9 heteroatoms. The molecule has 3 N–H and O–H groups in total. The van der Waals surface area contributed by atoms with Crippen LogP contribution in [0.3, 0.4) is 0 Å². The first-order chi connectivity index (χ1) is 9.22. The number of amides is 2. The summed E-state index contributed by atoms with van der Waals surface area (Å²) in [4.78, 5) is 33.5. The summed E-state index contributed by atoms with van der Waals surface area (Å²) in [5.41, 5.74) is 3.65. The number of nitrogens with two attached hydrogens (primary N) is 1. The summed E-state index contributed by atoms with van der Waals surface area (Å²) in [6, 6.07) is 0.527. The second-order valence-electron chi connectivity index (χ2n) is 3.77. The van der Waals surface area contributed by atoms with Gasteiger partial charge in [0.05, 0.1) is 0 Å². The van der Waals surface area contributed by atoms with Crippen LogP contribution in [-0.2, 0) is 9.59 Å². The highest BCUT2D eigenvalue weighted by Gasteiger charge is 2.26. The average Bonchev–Trinajstić information content (AvgIpc) is 2.24. The Morgan fingerprint density at radius 3 is 2.00 bits per heavy atom. The van der Waals surface area contributed by atoms with Gasteiger partial charge in [-0.25, -0.2) is 13.2 Å². The number of benzene rings is 1. The monoisotopic (exact) mass is 290 g/mol. The molecule has 0 aliphatic carbocycles. The van der Waals surface area contributed by atoms with Gasteiger partial charge in [0, 0.05) is 12.1 Å². The molecule has 0 aromatic heterocycles. The van der Waals surface area contributed by atoms with E-state index in [1.165, 1.54) is 0 Å². The zero-order chi connectivity index (χ0) is 15.4. The lowest BCUT2D eigenvalue weighted by Gasteiger charge is -2.19. The van der Waals surface area contributed by atoms with E-state index >= 15 is 0 Å². The molecule has 0 fully saturated rings. The van der Waals surface area contributed by atoms with E-state index in [1.807, 2.05) is 0 Å². The molecule has 6 nitrogen and oxygen atoms in total. The molecule has 20 heavy (non-hydrogen) atoms. The number of hydrogen-bond donors (Lipinski definition) is 2. The number of carbonyl (C=O) groups excluding carboxylic acids is 2. The second-order valence-corrected chi connectivity index (χ2v) is 3.77. The van der Waals surface area contributed by atoms with Gasteiger partial charge < -0.3 is 15.7 Å². The minimum atomic E-state index is -1.51. The normalized spacial score (nSPS) is 10.2. The predicted molar refractivity (Wildman–Crippen MR) is 59.0 cm³/mol. The average molecular weight is 290 g/mol. The Hall–Kier alpha value is -2.58. The molecule has 0 spiro atoms. The van der Waals surface area contributed by atoms with Gasteiger partial charge in [0.2, 0.25) is 5.91 Å². The summed E-state index contributed by atoms with van der Waals surface area (Å²) in [7, 11) is 0. The number of hydrogen-bond acceptors (Lipinski definition) is 3. The van der Waals surface area contributed by atoms with E-state index in [0.717, 1.165) is 0 Å². The van der Waals surface area contributed by atoms with Crippen molar-refractivity contribution in [2.75, 3.05) is 13.1 Å². The first-order valence-electron chi connectivity index (χ1n) is 5.16. The van der Waals surface area contributed by atoms with E-state index in [1.54, 1.807) is 0 Å². The largest absolute Gasteiger partial charge is 0.480 e. The fourth-order valence-electron chi connectivity index (χ4n) is 1.46. The molecule has 1 rings (SSSR count). The summed E-state index contributed by atoms with van der Waals surface area (Å²) in [5.74, 6) is -8.25. The lowest BCUT2D eigenvalue weighted by atomic mass is 10.1. The summed E-state index contributed by atoms with van der Waals surface area (Å²) >= 11 is 0. The lowest BCUT2D eigenvalue weighted by Crippen LogP contribution is -2.42. The summed E-state index contributed by atoms with van der Waals surface area (Å²) in [6.45, 7) is -1.83. The molecule has 0 aliphatic heterocycles. The quantitative estimate of drug-likeness (QED) is 0.804. The molecule has 0 aliphatic rings. The Labute approximate surface area is 110 Å². The van der Waals surface area contributed by atoms with Crippen molar-refractivity contribution in [1.82, 2.24) is 4.90 Å². The number of halogens is 3. The van der Waals surface area contributed by atoms with Crippen LogP contribution in [0.4, 0.5) is 13.2 Å². The molecule has 1 aromatic carbocycles. The lowest BCUT2D eigenvalue weighted by molar-refractivity contribution is -0.138. The van der Waals surface area contributed by atoms with E-state index < -0.39 is 53.9 Å². The fraction of sp³-hybridized carbons (Fsp3) is 0.182. The van der Waals surface area contributed by atoms with Gasteiger partial charge in [0.15, 0.2) is 0 Å². The Morgan fingerprint density at radius 1 is 1.10 bits per heavy atom. The predicted octanol–water partition coefficient (Wildman–Crippen LogP) is 0.116. The SMILES string of the molecule is NC(=O)CN(CC(=O)O)C(=O)c1c(F)cc(F)cc1F. The van der Waals surface area contributed by atoms with Crippen molar-refractivity contribution < 1.29 is 32.7 Å². The van der Waals surface area contributed by atoms with Crippen LogP contribution in [0.15, 0.2) is 12.1 Å². The van der Waals surface area contributed by atoms with Crippen molar-refractivity contribution in [2.24, 2.45) is 5.73 Å². The number of aliphatic carboxylic acids is 1. The van der Waals surface area contributed by atoms with Crippen LogP contribution in [0.25, 0.3) is 0 Å². The zero-order valence-corrected chi connectivity index (χ0v) is 9.90. The molecule has 0 radical (unpaired) electrons. The molecule has 1 aromatic rings. The molecule has 0 atom stereocenters. The van der Waals surface area contributed by atoms with Crippen molar-refractivity contribution in [3.05, 3.63) is 35.1 Å². The maximum atomic E-state index is 13.4. The van der Waals surface area contributed by atoms with Gasteiger partial charge in [0.1, 0.15) is 36.1 Å². The maximum absolute atomic E-state index is 13.4. The number of primary amides is 1. The molecule has 0 saturated carbocycles. The first-order valence-corrected chi connectivity index (χ1v) is 5.16. The summed E-state index contributed by atoms with van der Waals surface area (Å²) in [5, 5.41) is 8.58. The van der Waals surface area contributed by atoms with Gasteiger partial charge in [-0.1, -0.05) is 0 Å². The van der Waals surface area contributed by atoms with E-state index in [4.69, 9.17) is 10.8 Å². The van der Waals surface area contributed by atoms with E-state index in [2.05, 4.69) is 0 Å². The van der Waals surface area contributed by atoms with E-state index in [9.17, 15) is 27.6 Å². The fourth-order valence-corrected chi connectivity index (χ4v) is 1.46. The minimum Gasteiger partial charge on any atom is -0.480 e. The maximum Gasteiger partial charge on any atom is 0.323 e. The topological polar surface area (TPSA) is 101 Å². The van der Waals surface area contributed by atoms with Gasteiger partial charge in [-0.05, 0) is 0 Å². The molecule has 0 unspecified atom stereocenters. The highest BCUT2D eigenvalue weighted by atomic mass is 19.1. The molecular formula is C11H9F3N2O4. The molecule has 0 bridgehead atoms.